The third-order valence-electron chi connectivity index (χ3n) is 5.24. The summed E-state index contributed by atoms with van der Waals surface area (Å²) >= 11 is 0. The molecule has 0 radical (unpaired) electrons. The van der Waals surface area contributed by atoms with Crippen LogP contribution in [-0.2, 0) is 24.2 Å². The number of H-pyrrole nitrogens is 1. The summed E-state index contributed by atoms with van der Waals surface area (Å²) in [6, 6.07) is 5.64. The highest BCUT2D eigenvalue weighted by atomic mass is 16.5. The lowest BCUT2D eigenvalue weighted by Crippen LogP contribution is -2.39. The van der Waals surface area contributed by atoms with Crippen LogP contribution in [0.4, 0.5) is 0 Å². The zero-order valence-electron chi connectivity index (χ0n) is 14.4. The SMILES string of the molecule is COc1cc(CN(C(=O)C2CCc3cn[nH]c3C2)C2CC2)ccc1O. The van der Waals surface area contributed by atoms with Gasteiger partial charge in [0.05, 0.1) is 13.3 Å². The number of ether oxygens (including phenoxy) is 1. The van der Waals surface area contributed by atoms with E-state index in [9.17, 15) is 9.90 Å². The second kappa shape index (κ2) is 6.43. The molecule has 1 fully saturated rings. The average molecular weight is 341 g/mol. The van der Waals surface area contributed by atoms with Crippen LogP contribution < -0.4 is 4.74 Å². The standard InChI is InChI=1S/C19H23N3O3/c1-25-18-8-12(2-7-17(18)23)11-22(15-5-6-15)19(24)13-3-4-14-10-20-21-16(14)9-13/h2,7-8,10,13,15,23H,3-6,9,11H2,1H3,(H,20,21). The minimum absolute atomic E-state index is 0.0209. The lowest BCUT2D eigenvalue weighted by molar-refractivity contribution is -0.137. The quantitative estimate of drug-likeness (QED) is 0.875. The van der Waals surface area contributed by atoms with Crippen LogP contribution in [0.3, 0.4) is 0 Å². The minimum Gasteiger partial charge on any atom is -0.504 e. The van der Waals surface area contributed by atoms with Crippen LogP contribution in [0.25, 0.3) is 0 Å². The van der Waals surface area contributed by atoms with E-state index in [0.29, 0.717) is 18.3 Å². The number of aromatic hydroxyl groups is 1. The number of carbonyl (C=O) groups is 1. The molecule has 1 aromatic carbocycles. The minimum atomic E-state index is 0.0209. The Labute approximate surface area is 146 Å². The molecule has 2 aromatic rings. The zero-order valence-corrected chi connectivity index (χ0v) is 14.4. The summed E-state index contributed by atoms with van der Waals surface area (Å²) in [4.78, 5) is 15.2. The summed E-state index contributed by atoms with van der Waals surface area (Å²) in [5.41, 5.74) is 3.32. The van der Waals surface area contributed by atoms with Crippen molar-refractivity contribution in [3.8, 4) is 11.5 Å². The van der Waals surface area contributed by atoms with Crippen LogP contribution >= 0.6 is 0 Å². The summed E-state index contributed by atoms with van der Waals surface area (Å²) < 4.78 is 5.19. The number of amides is 1. The van der Waals surface area contributed by atoms with E-state index in [1.165, 1.54) is 12.7 Å². The second-order valence-corrected chi connectivity index (χ2v) is 7.02. The van der Waals surface area contributed by atoms with Gasteiger partial charge >= 0.3 is 0 Å². The molecule has 1 unspecified atom stereocenters. The Morgan fingerprint density at radius 2 is 2.24 bits per heavy atom. The molecule has 1 heterocycles. The molecule has 132 valence electrons. The number of phenols is 1. The number of rotatable bonds is 5. The number of hydrogen-bond acceptors (Lipinski definition) is 4. The summed E-state index contributed by atoms with van der Waals surface area (Å²) in [7, 11) is 1.53. The number of aromatic nitrogens is 2. The number of nitrogens with one attached hydrogen (secondary N) is 1. The highest BCUT2D eigenvalue weighted by Crippen LogP contribution is 2.34. The number of nitrogens with zero attached hydrogens (tertiary/aromatic N) is 2. The Kier molecular flexibility index (Phi) is 4.11. The molecular formula is C19H23N3O3. The van der Waals surface area contributed by atoms with E-state index in [0.717, 1.165) is 43.4 Å². The Morgan fingerprint density at radius 3 is 3.00 bits per heavy atom. The first-order chi connectivity index (χ1) is 12.2. The smallest absolute Gasteiger partial charge is 0.226 e. The van der Waals surface area contributed by atoms with Crippen molar-refractivity contribution in [1.29, 1.82) is 0 Å². The molecule has 4 rings (SSSR count). The maximum atomic E-state index is 13.1. The molecule has 1 amide bonds. The van der Waals surface area contributed by atoms with Gasteiger partial charge in [-0.3, -0.25) is 9.89 Å². The van der Waals surface area contributed by atoms with Crippen LogP contribution in [0.15, 0.2) is 24.4 Å². The molecule has 1 aromatic heterocycles. The number of benzene rings is 1. The fraction of sp³-hybridized carbons (Fsp3) is 0.474. The van der Waals surface area contributed by atoms with Gasteiger partial charge in [-0.15, -0.1) is 0 Å². The van der Waals surface area contributed by atoms with Crippen LogP contribution in [0.5, 0.6) is 11.5 Å². The third-order valence-corrected chi connectivity index (χ3v) is 5.24. The Balaban J connectivity index is 1.51. The van der Waals surface area contributed by atoms with E-state index in [2.05, 4.69) is 10.2 Å². The lowest BCUT2D eigenvalue weighted by Gasteiger charge is -2.29. The zero-order chi connectivity index (χ0) is 17.4. The molecular weight excluding hydrogens is 318 g/mol. The number of methoxy groups -OCH3 is 1. The second-order valence-electron chi connectivity index (χ2n) is 7.02. The molecule has 2 N–H and O–H groups in total. The molecule has 0 spiro atoms. The van der Waals surface area contributed by atoms with Crippen LogP contribution in [0, 0.1) is 5.92 Å². The predicted molar refractivity (Wildman–Crippen MR) is 92.3 cm³/mol. The summed E-state index contributed by atoms with van der Waals surface area (Å²) in [5.74, 6) is 0.817. The summed E-state index contributed by atoms with van der Waals surface area (Å²) in [5, 5.41) is 16.9. The van der Waals surface area contributed by atoms with E-state index < -0.39 is 0 Å². The van der Waals surface area contributed by atoms with Gasteiger partial charge in [0, 0.05) is 30.6 Å². The van der Waals surface area contributed by atoms with Gasteiger partial charge in [-0.05, 0) is 48.9 Å². The number of aryl methyl sites for hydroxylation is 1. The van der Waals surface area contributed by atoms with Gasteiger partial charge in [0.25, 0.3) is 0 Å². The molecule has 2 aliphatic carbocycles. The average Bonchev–Trinajstić information content (AvgIpc) is 3.36. The topological polar surface area (TPSA) is 78.5 Å². The van der Waals surface area contributed by atoms with Crippen molar-refractivity contribution in [1.82, 2.24) is 15.1 Å². The predicted octanol–water partition coefficient (Wildman–Crippen LogP) is 2.42. The van der Waals surface area contributed by atoms with Gasteiger partial charge in [-0.1, -0.05) is 6.07 Å². The molecule has 6 nitrogen and oxygen atoms in total. The maximum Gasteiger partial charge on any atom is 0.226 e. The van der Waals surface area contributed by atoms with Crippen LogP contribution in [-0.4, -0.2) is 39.3 Å². The molecule has 1 atom stereocenters. The molecule has 2 aliphatic rings. The van der Waals surface area contributed by atoms with Gasteiger partial charge in [0.15, 0.2) is 11.5 Å². The molecule has 6 heteroatoms. The largest absolute Gasteiger partial charge is 0.504 e. The molecule has 0 aliphatic heterocycles. The fourth-order valence-electron chi connectivity index (χ4n) is 3.64. The molecule has 0 saturated heterocycles. The molecule has 0 bridgehead atoms. The van der Waals surface area contributed by atoms with Crippen molar-refractivity contribution in [3.63, 3.8) is 0 Å². The third kappa shape index (κ3) is 3.21. The van der Waals surface area contributed by atoms with Gasteiger partial charge in [-0.25, -0.2) is 0 Å². The first kappa shape index (κ1) is 16.0. The Morgan fingerprint density at radius 1 is 1.40 bits per heavy atom. The van der Waals surface area contributed by atoms with E-state index in [1.54, 1.807) is 6.07 Å². The monoisotopic (exact) mass is 341 g/mol. The number of phenolic OH excluding ortho intramolecular Hbond substituents is 1. The van der Waals surface area contributed by atoms with Crippen molar-refractivity contribution in [2.75, 3.05) is 7.11 Å². The van der Waals surface area contributed by atoms with E-state index >= 15 is 0 Å². The van der Waals surface area contributed by atoms with Crippen LogP contribution in [0.1, 0.15) is 36.1 Å². The number of hydrogen-bond donors (Lipinski definition) is 2. The molecule has 1 saturated carbocycles. The van der Waals surface area contributed by atoms with Gasteiger partial charge in [0.1, 0.15) is 0 Å². The van der Waals surface area contributed by atoms with E-state index in [1.807, 2.05) is 23.2 Å². The highest BCUT2D eigenvalue weighted by Gasteiger charge is 2.37. The van der Waals surface area contributed by atoms with Crippen molar-refractivity contribution in [3.05, 3.63) is 41.2 Å². The molecule has 25 heavy (non-hydrogen) atoms. The first-order valence-corrected chi connectivity index (χ1v) is 8.83. The van der Waals surface area contributed by atoms with E-state index in [-0.39, 0.29) is 17.6 Å². The fourth-order valence-corrected chi connectivity index (χ4v) is 3.64. The van der Waals surface area contributed by atoms with Crippen LogP contribution in [0.2, 0.25) is 0 Å². The van der Waals surface area contributed by atoms with Crippen molar-refractivity contribution >= 4 is 5.91 Å². The Hall–Kier alpha value is -2.50. The number of fused-ring (bicyclic) bond motifs is 1. The van der Waals surface area contributed by atoms with Crippen molar-refractivity contribution in [2.45, 2.75) is 44.7 Å². The summed E-state index contributed by atoms with van der Waals surface area (Å²) in [6.07, 6.45) is 6.56. The van der Waals surface area contributed by atoms with Gasteiger partial charge < -0.3 is 14.7 Å². The Bertz CT molecular complexity index is 782. The van der Waals surface area contributed by atoms with E-state index in [4.69, 9.17) is 4.74 Å². The normalized spacial score (nSPS) is 19.3. The van der Waals surface area contributed by atoms with Crippen molar-refractivity contribution in [2.24, 2.45) is 5.92 Å². The maximum absolute atomic E-state index is 13.1. The van der Waals surface area contributed by atoms with Crippen molar-refractivity contribution < 1.29 is 14.6 Å². The number of aromatic amines is 1. The van der Waals surface area contributed by atoms with Gasteiger partial charge in [-0.2, -0.15) is 5.10 Å². The summed E-state index contributed by atoms with van der Waals surface area (Å²) in [6.45, 7) is 0.562. The first-order valence-electron chi connectivity index (χ1n) is 8.83. The van der Waals surface area contributed by atoms with Gasteiger partial charge in [0.2, 0.25) is 5.91 Å². The highest BCUT2D eigenvalue weighted by molar-refractivity contribution is 5.80. The lowest BCUT2D eigenvalue weighted by atomic mass is 9.87. The number of carbonyl (C=O) groups excluding carboxylic acids is 1.